The van der Waals surface area contributed by atoms with Crippen molar-refractivity contribution in [2.45, 2.75) is 39.3 Å². The molecule has 26 heavy (non-hydrogen) atoms. The second kappa shape index (κ2) is 10.9. The first-order valence-corrected chi connectivity index (χ1v) is 9.53. The molecule has 1 atom stereocenters. The van der Waals surface area contributed by atoms with E-state index in [1.54, 1.807) is 11.8 Å². The summed E-state index contributed by atoms with van der Waals surface area (Å²) in [7, 11) is 0. The highest BCUT2D eigenvalue weighted by Gasteiger charge is 2.25. The Morgan fingerprint density at radius 3 is 2.58 bits per heavy atom. The second-order valence-corrected chi connectivity index (χ2v) is 6.68. The van der Waals surface area contributed by atoms with Crippen LogP contribution in [0.1, 0.15) is 32.3 Å². The summed E-state index contributed by atoms with van der Waals surface area (Å²) in [6, 6.07) is 9.32. The molecular formula is C20H31N3O3. The van der Waals surface area contributed by atoms with Crippen LogP contribution in [0.5, 0.6) is 0 Å². The fourth-order valence-electron chi connectivity index (χ4n) is 3.03. The van der Waals surface area contributed by atoms with Crippen molar-refractivity contribution in [2.75, 3.05) is 39.4 Å². The predicted octanol–water partition coefficient (Wildman–Crippen LogP) is 1.65. The van der Waals surface area contributed by atoms with Gasteiger partial charge in [-0.2, -0.15) is 0 Å². The van der Waals surface area contributed by atoms with E-state index in [-0.39, 0.29) is 11.8 Å². The Morgan fingerprint density at radius 1 is 1.23 bits per heavy atom. The van der Waals surface area contributed by atoms with Gasteiger partial charge in [0.25, 0.3) is 0 Å². The molecule has 0 spiro atoms. The highest BCUT2D eigenvalue weighted by molar-refractivity contribution is 5.87. The highest BCUT2D eigenvalue weighted by atomic mass is 16.5. The van der Waals surface area contributed by atoms with E-state index in [4.69, 9.17) is 4.74 Å². The number of benzene rings is 1. The normalized spacial score (nSPS) is 16.1. The number of rotatable bonds is 9. The molecule has 0 saturated carbocycles. The van der Waals surface area contributed by atoms with Crippen LogP contribution in [-0.2, 0) is 20.9 Å². The quantitative estimate of drug-likeness (QED) is 0.727. The summed E-state index contributed by atoms with van der Waals surface area (Å²) in [5.74, 6) is -0.0779. The van der Waals surface area contributed by atoms with Crippen molar-refractivity contribution in [1.29, 1.82) is 0 Å². The first-order valence-electron chi connectivity index (χ1n) is 9.53. The lowest BCUT2D eigenvalue weighted by Crippen LogP contribution is -2.49. The number of hydrogen-bond acceptors (Lipinski definition) is 4. The molecule has 1 heterocycles. The molecule has 1 saturated heterocycles. The van der Waals surface area contributed by atoms with Gasteiger partial charge in [0.1, 0.15) is 6.04 Å². The van der Waals surface area contributed by atoms with Crippen molar-refractivity contribution in [3.63, 3.8) is 0 Å². The maximum atomic E-state index is 12.6. The average Bonchev–Trinajstić information content (AvgIpc) is 2.67. The molecule has 144 valence electrons. The van der Waals surface area contributed by atoms with E-state index in [0.29, 0.717) is 19.5 Å². The lowest BCUT2D eigenvalue weighted by atomic mass is 10.1. The fourth-order valence-corrected chi connectivity index (χ4v) is 3.03. The number of morpholine rings is 1. The number of hydrogen-bond donors (Lipinski definition) is 1. The zero-order valence-corrected chi connectivity index (χ0v) is 15.9. The molecular weight excluding hydrogens is 330 g/mol. The number of ether oxygens (including phenoxy) is 1. The van der Waals surface area contributed by atoms with Crippen LogP contribution in [0.15, 0.2) is 30.3 Å². The van der Waals surface area contributed by atoms with E-state index < -0.39 is 6.04 Å². The molecule has 1 aromatic rings. The Bertz CT molecular complexity index is 559. The molecule has 1 aromatic carbocycles. The van der Waals surface area contributed by atoms with E-state index >= 15 is 0 Å². The lowest BCUT2D eigenvalue weighted by molar-refractivity contribution is -0.140. The number of carbonyl (C=O) groups excluding carboxylic acids is 2. The van der Waals surface area contributed by atoms with E-state index in [9.17, 15) is 9.59 Å². The second-order valence-electron chi connectivity index (χ2n) is 6.68. The standard InChI is InChI=1S/C20H31N3O3/c1-3-7-19(24)23(16-18-8-5-4-6-9-18)17(2)20(25)21-10-11-22-12-14-26-15-13-22/h4-6,8-9,17H,3,7,10-16H2,1-2H3,(H,21,25)/t17-/m0/s1. The molecule has 1 fully saturated rings. The summed E-state index contributed by atoms with van der Waals surface area (Å²) in [6.45, 7) is 8.94. The Kier molecular flexibility index (Phi) is 8.58. The third-order valence-electron chi connectivity index (χ3n) is 4.66. The summed E-state index contributed by atoms with van der Waals surface area (Å²) in [5.41, 5.74) is 1.03. The van der Waals surface area contributed by atoms with Crippen LogP contribution in [0.3, 0.4) is 0 Å². The van der Waals surface area contributed by atoms with Gasteiger partial charge in [-0.25, -0.2) is 0 Å². The topological polar surface area (TPSA) is 61.9 Å². The van der Waals surface area contributed by atoms with Crippen molar-refractivity contribution in [3.8, 4) is 0 Å². The fraction of sp³-hybridized carbons (Fsp3) is 0.600. The number of nitrogens with one attached hydrogen (secondary N) is 1. The minimum atomic E-state index is -0.487. The van der Waals surface area contributed by atoms with E-state index in [0.717, 1.165) is 44.8 Å². The van der Waals surface area contributed by atoms with Crippen LogP contribution in [0.4, 0.5) is 0 Å². The predicted molar refractivity (Wildman–Crippen MR) is 102 cm³/mol. The van der Waals surface area contributed by atoms with Crippen LogP contribution in [0, 0.1) is 0 Å². The van der Waals surface area contributed by atoms with Crippen LogP contribution >= 0.6 is 0 Å². The Hall–Kier alpha value is -1.92. The van der Waals surface area contributed by atoms with E-state index in [2.05, 4.69) is 10.2 Å². The third kappa shape index (κ3) is 6.42. The highest BCUT2D eigenvalue weighted by Crippen LogP contribution is 2.11. The third-order valence-corrected chi connectivity index (χ3v) is 4.66. The minimum absolute atomic E-state index is 0.0205. The van der Waals surface area contributed by atoms with Gasteiger partial charge in [0.05, 0.1) is 13.2 Å². The number of amides is 2. The van der Waals surface area contributed by atoms with Gasteiger partial charge < -0.3 is 15.0 Å². The van der Waals surface area contributed by atoms with Gasteiger partial charge in [0.2, 0.25) is 11.8 Å². The molecule has 6 heteroatoms. The SMILES string of the molecule is CCCC(=O)N(Cc1ccccc1)[C@@H](C)C(=O)NCCN1CCOCC1. The Balaban J connectivity index is 1.89. The van der Waals surface area contributed by atoms with Gasteiger partial charge in [0, 0.05) is 39.1 Å². The van der Waals surface area contributed by atoms with Crippen LogP contribution in [0.2, 0.25) is 0 Å². The van der Waals surface area contributed by atoms with E-state index in [1.165, 1.54) is 0 Å². The summed E-state index contributed by atoms with van der Waals surface area (Å²) in [6.07, 6.45) is 1.23. The molecule has 1 N–H and O–H groups in total. The van der Waals surface area contributed by atoms with Crippen LogP contribution < -0.4 is 5.32 Å². The molecule has 2 rings (SSSR count). The maximum Gasteiger partial charge on any atom is 0.242 e. The van der Waals surface area contributed by atoms with Crippen LogP contribution in [0.25, 0.3) is 0 Å². The van der Waals surface area contributed by atoms with Gasteiger partial charge in [0.15, 0.2) is 0 Å². The summed E-state index contributed by atoms with van der Waals surface area (Å²) in [5, 5.41) is 2.98. The van der Waals surface area contributed by atoms with Crippen molar-refractivity contribution < 1.29 is 14.3 Å². The maximum absolute atomic E-state index is 12.6. The summed E-state index contributed by atoms with van der Waals surface area (Å²) < 4.78 is 5.33. The molecule has 6 nitrogen and oxygen atoms in total. The Labute approximate surface area is 156 Å². The molecule has 0 aromatic heterocycles. The summed E-state index contributed by atoms with van der Waals surface area (Å²) >= 11 is 0. The van der Waals surface area contributed by atoms with Crippen molar-refractivity contribution in [3.05, 3.63) is 35.9 Å². The first-order chi connectivity index (χ1) is 12.6. The zero-order chi connectivity index (χ0) is 18.8. The first kappa shape index (κ1) is 20.4. The summed E-state index contributed by atoms with van der Waals surface area (Å²) in [4.78, 5) is 29.1. The molecule has 1 aliphatic rings. The van der Waals surface area contributed by atoms with Crippen molar-refractivity contribution in [2.24, 2.45) is 0 Å². The lowest BCUT2D eigenvalue weighted by Gasteiger charge is -2.30. The molecule has 1 aliphatic heterocycles. The molecule has 0 radical (unpaired) electrons. The zero-order valence-electron chi connectivity index (χ0n) is 15.9. The average molecular weight is 361 g/mol. The number of nitrogens with zero attached hydrogens (tertiary/aromatic N) is 2. The largest absolute Gasteiger partial charge is 0.379 e. The van der Waals surface area contributed by atoms with Gasteiger partial charge in [-0.1, -0.05) is 37.3 Å². The van der Waals surface area contributed by atoms with E-state index in [1.807, 2.05) is 37.3 Å². The van der Waals surface area contributed by atoms with Gasteiger partial charge in [-0.05, 0) is 18.9 Å². The van der Waals surface area contributed by atoms with Crippen molar-refractivity contribution >= 4 is 11.8 Å². The van der Waals surface area contributed by atoms with Crippen LogP contribution in [-0.4, -0.2) is 67.0 Å². The molecule has 2 amide bonds. The molecule has 0 bridgehead atoms. The molecule has 0 aliphatic carbocycles. The number of carbonyl (C=O) groups is 2. The van der Waals surface area contributed by atoms with Gasteiger partial charge in [-0.15, -0.1) is 0 Å². The Morgan fingerprint density at radius 2 is 1.92 bits per heavy atom. The minimum Gasteiger partial charge on any atom is -0.379 e. The molecule has 0 unspecified atom stereocenters. The van der Waals surface area contributed by atoms with Gasteiger partial charge >= 0.3 is 0 Å². The van der Waals surface area contributed by atoms with Crippen molar-refractivity contribution in [1.82, 2.24) is 15.1 Å². The monoisotopic (exact) mass is 361 g/mol. The van der Waals surface area contributed by atoms with Gasteiger partial charge in [-0.3, -0.25) is 14.5 Å². The smallest absolute Gasteiger partial charge is 0.242 e.